The maximum Gasteiger partial charge on any atom is 0.416 e. The molecule has 38 heavy (non-hydrogen) atoms. The van der Waals surface area contributed by atoms with Gasteiger partial charge in [0.2, 0.25) is 0 Å². The molecule has 1 fully saturated rings. The van der Waals surface area contributed by atoms with Crippen LogP contribution in [0.25, 0.3) is 11.1 Å². The standard InChI is InChI=1S/C27H24F5N3O3/c1-15-20(9-19(12-33-15)34-25(37)16-3-2-4-18(7-16)27(30,31)32)21-10-23-17(8-22(21)28)11-26(29,14-36)24-13-38-6-5-35(23)24/h2-4,7-10,12,24,36H,5-6,11,13-14H2,1H3,(H,34,37)/t24-,26+/m1/s1. The Morgan fingerprint density at radius 1 is 1.24 bits per heavy atom. The minimum absolute atomic E-state index is 0.0842. The second kappa shape index (κ2) is 9.63. The maximum atomic E-state index is 15.5. The Balaban J connectivity index is 1.49. The van der Waals surface area contributed by atoms with Crippen molar-refractivity contribution < 1.29 is 36.6 Å². The number of fused-ring (bicyclic) bond motifs is 3. The van der Waals surface area contributed by atoms with Crippen molar-refractivity contribution in [3.05, 3.63) is 76.9 Å². The first-order valence-electron chi connectivity index (χ1n) is 11.9. The Bertz CT molecular complexity index is 1400. The highest BCUT2D eigenvalue weighted by Gasteiger charge is 2.48. The molecule has 1 amide bonds. The maximum absolute atomic E-state index is 15.5. The first-order valence-corrected chi connectivity index (χ1v) is 11.9. The van der Waals surface area contributed by atoms with Gasteiger partial charge in [0.05, 0.1) is 43.3 Å². The number of pyridine rings is 1. The number of halogens is 5. The molecule has 0 saturated carbocycles. The number of nitrogens with one attached hydrogen (secondary N) is 1. The molecule has 2 aliphatic heterocycles. The van der Waals surface area contributed by atoms with Gasteiger partial charge in [0.15, 0.2) is 5.67 Å². The first-order chi connectivity index (χ1) is 18.0. The Morgan fingerprint density at radius 2 is 2.03 bits per heavy atom. The number of hydrogen-bond acceptors (Lipinski definition) is 5. The molecule has 0 bridgehead atoms. The molecule has 200 valence electrons. The second-order valence-electron chi connectivity index (χ2n) is 9.50. The molecule has 11 heteroatoms. The van der Waals surface area contributed by atoms with Gasteiger partial charge >= 0.3 is 6.18 Å². The molecule has 0 spiro atoms. The molecule has 3 aromatic rings. The van der Waals surface area contributed by atoms with E-state index >= 15 is 8.78 Å². The number of anilines is 2. The Hall–Kier alpha value is -3.57. The molecule has 1 aromatic heterocycles. The molecule has 2 aromatic carbocycles. The van der Waals surface area contributed by atoms with Crippen LogP contribution in [0.2, 0.25) is 0 Å². The summed E-state index contributed by atoms with van der Waals surface area (Å²) in [6.07, 6.45) is -3.44. The summed E-state index contributed by atoms with van der Waals surface area (Å²) in [6.45, 7) is 1.72. The number of aliphatic hydroxyl groups excluding tert-OH is 1. The number of hydrogen-bond donors (Lipinski definition) is 2. The number of ether oxygens (including phenoxy) is 1. The predicted molar refractivity (Wildman–Crippen MR) is 130 cm³/mol. The minimum Gasteiger partial charge on any atom is -0.393 e. The van der Waals surface area contributed by atoms with Crippen LogP contribution in [0.1, 0.15) is 27.2 Å². The largest absolute Gasteiger partial charge is 0.416 e. The van der Waals surface area contributed by atoms with Crippen molar-refractivity contribution >= 4 is 17.3 Å². The monoisotopic (exact) mass is 533 g/mol. The van der Waals surface area contributed by atoms with E-state index in [1.54, 1.807) is 17.9 Å². The fraction of sp³-hybridized carbons (Fsp3) is 0.333. The fourth-order valence-electron chi connectivity index (χ4n) is 5.05. The van der Waals surface area contributed by atoms with Crippen molar-refractivity contribution in [3.63, 3.8) is 0 Å². The van der Waals surface area contributed by atoms with E-state index in [0.29, 0.717) is 35.7 Å². The zero-order valence-electron chi connectivity index (χ0n) is 20.3. The highest BCUT2D eigenvalue weighted by Crippen LogP contribution is 2.43. The number of rotatable bonds is 4. The number of benzene rings is 2. The summed E-state index contributed by atoms with van der Waals surface area (Å²) in [5.74, 6) is -1.42. The number of aryl methyl sites for hydroxylation is 1. The minimum atomic E-state index is -4.60. The lowest BCUT2D eigenvalue weighted by Crippen LogP contribution is -2.62. The predicted octanol–water partition coefficient (Wildman–Crippen LogP) is 4.93. The SMILES string of the molecule is Cc1ncc(NC(=O)c2cccc(C(F)(F)F)c2)cc1-c1cc2c(cc1F)C[C@](F)(CO)[C@H]1COCCN21. The van der Waals surface area contributed by atoms with Crippen LogP contribution < -0.4 is 10.2 Å². The summed E-state index contributed by atoms with van der Waals surface area (Å²) >= 11 is 0. The van der Waals surface area contributed by atoms with E-state index in [1.165, 1.54) is 24.4 Å². The molecule has 5 rings (SSSR count). The number of carbonyl (C=O) groups is 1. The van der Waals surface area contributed by atoms with Crippen LogP contribution >= 0.6 is 0 Å². The van der Waals surface area contributed by atoms with Crippen molar-refractivity contribution in [2.45, 2.75) is 31.2 Å². The van der Waals surface area contributed by atoms with Crippen LogP contribution in [-0.4, -0.2) is 54.1 Å². The number of amides is 1. The van der Waals surface area contributed by atoms with Crippen LogP contribution in [-0.2, 0) is 17.3 Å². The number of aliphatic hydroxyl groups is 1. The van der Waals surface area contributed by atoms with Gasteiger partial charge in [0.25, 0.3) is 5.91 Å². The summed E-state index contributed by atoms with van der Waals surface area (Å²) < 4.78 is 75.5. The van der Waals surface area contributed by atoms with Crippen LogP contribution in [0.5, 0.6) is 0 Å². The zero-order chi connectivity index (χ0) is 27.2. The van der Waals surface area contributed by atoms with Gasteiger partial charge in [-0.05, 0) is 48.9 Å². The summed E-state index contributed by atoms with van der Waals surface area (Å²) in [7, 11) is 0. The lowest BCUT2D eigenvalue weighted by Gasteiger charge is -2.48. The summed E-state index contributed by atoms with van der Waals surface area (Å²) in [4.78, 5) is 18.7. The van der Waals surface area contributed by atoms with Crippen LogP contribution in [0.3, 0.4) is 0 Å². The normalized spacial score (nSPS) is 21.0. The topological polar surface area (TPSA) is 74.7 Å². The Labute approximate surface area is 215 Å². The highest BCUT2D eigenvalue weighted by atomic mass is 19.4. The van der Waals surface area contributed by atoms with Gasteiger partial charge in [0.1, 0.15) is 5.82 Å². The van der Waals surface area contributed by atoms with Crippen molar-refractivity contribution in [2.24, 2.45) is 0 Å². The van der Waals surface area contributed by atoms with Crippen molar-refractivity contribution in [1.82, 2.24) is 4.98 Å². The molecule has 0 unspecified atom stereocenters. The number of morpholine rings is 1. The molecule has 6 nitrogen and oxygen atoms in total. The summed E-state index contributed by atoms with van der Waals surface area (Å²) in [5, 5.41) is 12.3. The van der Waals surface area contributed by atoms with Crippen molar-refractivity contribution in [3.8, 4) is 11.1 Å². The van der Waals surface area contributed by atoms with Crippen LogP contribution in [0.4, 0.5) is 33.3 Å². The lowest BCUT2D eigenvalue weighted by molar-refractivity contribution is -0.137. The van der Waals surface area contributed by atoms with Gasteiger partial charge in [0, 0.05) is 41.0 Å². The van der Waals surface area contributed by atoms with Gasteiger partial charge in [-0.25, -0.2) is 8.78 Å². The molecule has 1 saturated heterocycles. The summed E-state index contributed by atoms with van der Waals surface area (Å²) in [6, 6.07) is 7.61. The first kappa shape index (κ1) is 26.1. The molecule has 0 aliphatic carbocycles. The second-order valence-corrected chi connectivity index (χ2v) is 9.50. The molecule has 2 N–H and O–H groups in total. The lowest BCUT2D eigenvalue weighted by atomic mass is 9.82. The Morgan fingerprint density at radius 3 is 2.76 bits per heavy atom. The van der Waals surface area contributed by atoms with Crippen molar-refractivity contribution in [1.29, 1.82) is 0 Å². The quantitative estimate of drug-likeness (QED) is 0.466. The molecule has 0 radical (unpaired) electrons. The third-order valence-corrected chi connectivity index (χ3v) is 7.04. The number of nitrogens with zero attached hydrogens (tertiary/aromatic N) is 2. The number of carbonyl (C=O) groups excluding carboxylic acids is 1. The number of alkyl halides is 4. The number of aromatic nitrogens is 1. The van der Waals surface area contributed by atoms with E-state index in [4.69, 9.17) is 4.74 Å². The zero-order valence-corrected chi connectivity index (χ0v) is 20.3. The Kier molecular flexibility index (Phi) is 6.60. The smallest absolute Gasteiger partial charge is 0.393 e. The summed E-state index contributed by atoms with van der Waals surface area (Å²) in [5.41, 5.74) is -0.951. The molecular formula is C27H24F5N3O3. The van der Waals surface area contributed by atoms with E-state index in [1.807, 2.05) is 0 Å². The van der Waals surface area contributed by atoms with Gasteiger partial charge in [-0.15, -0.1) is 0 Å². The van der Waals surface area contributed by atoms with Gasteiger partial charge < -0.3 is 20.1 Å². The molecule has 2 atom stereocenters. The van der Waals surface area contributed by atoms with Crippen LogP contribution in [0, 0.1) is 12.7 Å². The van der Waals surface area contributed by atoms with E-state index in [2.05, 4.69) is 10.3 Å². The molecule has 2 aliphatic rings. The molecular weight excluding hydrogens is 509 g/mol. The van der Waals surface area contributed by atoms with E-state index < -0.39 is 41.8 Å². The van der Waals surface area contributed by atoms with E-state index in [9.17, 15) is 23.1 Å². The third-order valence-electron chi connectivity index (χ3n) is 7.04. The fourth-order valence-corrected chi connectivity index (χ4v) is 5.05. The average Bonchev–Trinajstić information content (AvgIpc) is 2.89. The average molecular weight is 533 g/mol. The van der Waals surface area contributed by atoms with Crippen LogP contribution in [0.15, 0.2) is 48.7 Å². The highest BCUT2D eigenvalue weighted by molar-refractivity contribution is 6.04. The van der Waals surface area contributed by atoms with E-state index in [-0.39, 0.29) is 29.8 Å². The third kappa shape index (κ3) is 4.71. The van der Waals surface area contributed by atoms with Gasteiger partial charge in [-0.1, -0.05) is 6.07 Å². The van der Waals surface area contributed by atoms with Gasteiger partial charge in [-0.2, -0.15) is 13.2 Å². The van der Waals surface area contributed by atoms with E-state index in [0.717, 1.165) is 18.2 Å². The van der Waals surface area contributed by atoms with Crippen molar-refractivity contribution in [2.75, 3.05) is 36.6 Å². The van der Waals surface area contributed by atoms with Gasteiger partial charge in [-0.3, -0.25) is 9.78 Å². The molecule has 3 heterocycles.